The number of nitrogens with one attached hydrogen (secondary N) is 1. The maximum absolute atomic E-state index is 10.9. The summed E-state index contributed by atoms with van der Waals surface area (Å²) in [5, 5.41) is 13.3. The van der Waals surface area contributed by atoms with Crippen LogP contribution in [-0.2, 0) is 0 Å². The number of rotatable bonds is 2. The summed E-state index contributed by atoms with van der Waals surface area (Å²) in [6.45, 7) is 7.82. The lowest BCUT2D eigenvalue weighted by Crippen LogP contribution is -2.38. The van der Waals surface area contributed by atoms with Crippen molar-refractivity contribution in [3.8, 4) is 5.75 Å². The van der Waals surface area contributed by atoms with Gasteiger partial charge in [0, 0.05) is 11.3 Å². The van der Waals surface area contributed by atoms with Crippen molar-refractivity contribution in [2.75, 3.05) is 19.4 Å². The summed E-state index contributed by atoms with van der Waals surface area (Å²) >= 11 is 3.54. The lowest BCUT2D eigenvalue weighted by atomic mass is 9.89. The van der Waals surface area contributed by atoms with E-state index in [1.54, 1.807) is 0 Å². The lowest BCUT2D eigenvalue weighted by molar-refractivity contribution is -0.242. The number of fused-ring (bicyclic) bond motifs is 1. The molecule has 116 valence electrons. The molecule has 1 N–H and O–H groups in total. The average molecular weight is 356 g/mol. The molecule has 0 bridgehead atoms. The Balaban J connectivity index is 2.74. The summed E-state index contributed by atoms with van der Waals surface area (Å²) in [4.78, 5) is 13.0. The zero-order chi connectivity index (χ0) is 16.1. The first-order valence-electron chi connectivity index (χ1n) is 6.74. The van der Waals surface area contributed by atoms with Gasteiger partial charge in [0.05, 0.1) is 10.5 Å². The van der Waals surface area contributed by atoms with Gasteiger partial charge in [0.2, 0.25) is 0 Å². The number of likely N-dealkylation sites (N-methyl/N-ethyl adjacent to an activating group) is 1. The van der Waals surface area contributed by atoms with E-state index in [-0.39, 0.29) is 6.04 Å². The van der Waals surface area contributed by atoms with E-state index in [1.165, 1.54) is 0 Å². The predicted molar refractivity (Wildman–Crippen MR) is 83.8 cm³/mol. The second kappa shape index (κ2) is 5.18. The van der Waals surface area contributed by atoms with Crippen molar-refractivity contribution in [1.29, 1.82) is 0 Å². The molecule has 1 aliphatic heterocycles. The van der Waals surface area contributed by atoms with E-state index in [0.29, 0.717) is 5.69 Å². The summed E-state index contributed by atoms with van der Waals surface area (Å²) in [6.07, 6.45) is -1.31. The van der Waals surface area contributed by atoms with E-state index >= 15 is 0 Å². The van der Waals surface area contributed by atoms with Gasteiger partial charge in [0.25, 0.3) is 0 Å². The number of ether oxygens (including phenoxy) is 1. The van der Waals surface area contributed by atoms with Crippen LogP contribution in [0, 0.1) is 13.8 Å². The maximum Gasteiger partial charge on any atom is 0.140 e. The van der Waals surface area contributed by atoms with Gasteiger partial charge in [-0.2, -0.15) is 0 Å². The van der Waals surface area contributed by atoms with Crippen molar-refractivity contribution in [3.05, 3.63) is 21.2 Å². The number of carboxylic acid groups (broad SMARTS) is 1. The predicted octanol–water partition coefficient (Wildman–Crippen LogP) is 2.59. The Labute approximate surface area is 133 Å². The van der Waals surface area contributed by atoms with Crippen LogP contribution in [0.15, 0.2) is 4.47 Å². The highest BCUT2D eigenvalue weighted by molar-refractivity contribution is 9.10. The van der Waals surface area contributed by atoms with Gasteiger partial charge >= 0.3 is 0 Å². The Hall–Kier alpha value is -1.27. The highest BCUT2D eigenvalue weighted by atomic mass is 79.9. The van der Waals surface area contributed by atoms with Crippen molar-refractivity contribution in [2.45, 2.75) is 39.3 Å². The second-order valence-corrected chi connectivity index (χ2v) is 6.96. The Morgan fingerprint density at radius 1 is 1.33 bits per heavy atom. The lowest BCUT2D eigenvalue weighted by Gasteiger charge is -2.32. The van der Waals surface area contributed by atoms with Gasteiger partial charge in [-0.15, -0.1) is 0 Å². The number of hydrogen-bond acceptors (Lipinski definition) is 4. The van der Waals surface area contributed by atoms with Crippen LogP contribution in [0.2, 0.25) is 0 Å². The fourth-order valence-electron chi connectivity index (χ4n) is 3.25. The molecule has 1 heterocycles. The summed E-state index contributed by atoms with van der Waals surface area (Å²) < 4.78 is 6.92. The van der Waals surface area contributed by atoms with E-state index in [0.717, 1.165) is 26.9 Å². The van der Waals surface area contributed by atoms with Crippen molar-refractivity contribution in [2.24, 2.45) is 0 Å². The summed E-state index contributed by atoms with van der Waals surface area (Å²) in [7, 11) is 3.98. The molecular formula is C15H20BrN2O3-. The number of halogens is 1. The molecular weight excluding hydrogens is 336 g/mol. The molecule has 1 aliphatic rings. The minimum atomic E-state index is -1.31. The Kier molecular flexibility index (Phi) is 3.97. The number of amides is 1. The molecule has 1 unspecified atom stereocenters. The molecule has 1 aromatic rings. The van der Waals surface area contributed by atoms with E-state index in [2.05, 4.69) is 26.1 Å². The quantitative estimate of drug-likeness (QED) is 0.885. The van der Waals surface area contributed by atoms with Gasteiger partial charge in [-0.25, -0.2) is 0 Å². The molecule has 0 fully saturated rings. The molecule has 1 aromatic carbocycles. The first kappa shape index (κ1) is 16.1. The molecule has 0 saturated carbocycles. The minimum Gasteiger partial charge on any atom is -0.530 e. The minimum absolute atomic E-state index is 0.0340. The topological polar surface area (TPSA) is 64.6 Å². The van der Waals surface area contributed by atoms with Gasteiger partial charge in [-0.3, -0.25) is 4.90 Å². The largest absolute Gasteiger partial charge is 0.530 e. The zero-order valence-corrected chi connectivity index (χ0v) is 14.7. The number of carbonyl (C=O) groups is 1. The summed E-state index contributed by atoms with van der Waals surface area (Å²) in [5.41, 5.74) is 2.84. The van der Waals surface area contributed by atoms with Crippen LogP contribution in [0.4, 0.5) is 10.5 Å². The number of hydrogen-bond donors (Lipinski definition) is 1. The van der Waals surface area contributed by atoms with Crippen LogP contribution in [0.25, 0.3) is 0 Å². The van der Waals surface area contributed by atoms with Gasteiger partial charge in [0.15, 0.2) is 0 Å². The van der Waals surface area contributed by atoms with Crippen LogP contribution in [0.3, 0.4) is 0 Å². The molecule has 6 heteroatoms. The van der Waals surface area contributed by atoms with Crippen molar-refractivity contribution in [1.82, 2.24) is 4.90 Å². The molecule has 1 amide bonds. The fraction of sp³-hybridized carbons (Fsp3) is 0.533. The van der Waals surface area contributed by atoms with Crippen LogP contribution < -0.4 is 15.2 Å². The monoisotopic (exact) mass is 355 g/mol. The van der Waals surface area contributed by atoms with Gasteiger partial charge in [-0.1, -0.05) is 0 Å². The van der Waals surface area contributed by atoms with E-state index in [1.807, 2.05) is 41.8 Å². The van der Waals surface area contributed by atoms with E-state index < -0.39 is 11.7 Å². The number of anilines is 1. The highest BCUT2D eigenvalue weighted by Gasteiger charge is 2.45. The molecule has 2 rings (SSSR count). The summed E-state index contributed by atoms with van der Waals surface area (Å²) in [5.74, 6) is 0.789. The first-order valence-corrected chi connectivity index (χ1v) is 7.53. The Bertz CT molecular complexity index is 612. The number of carbonyl (C=O) groups excluding carboxylic acids is 1. The molecule has 0 aliphatic carbocycles. The second-order valence-electron chi connectivity index (χ2n) is 6.17. The molecule has 0 radical (unpaired) electrons. The van der Waals surface area contributed by atoms with Crippen LogP contribution in [-0.4, -0.2) is 30.7 Å². The van der Waals surface area contributed by atoms with Crippen molar-refractivity contribution < 1.29 is 14.6 Å². The standard InChI is InChI=1S/C15H21BrN2O3/c1-7-9-12(21-15(3,4)13(9)18(5)6)10(16)8(2)11(7)17-14(19)20/h13,17H,1-6H3,(H,19,20)/p-1. The SMILES string of the molecule is Cc1c(Br)c2c(c(C)c1NC(=O)[O-])C(N(C)C)C(C)(C)O2. The van der Waals surface area contributed by atoms with Crippen LogP contribution in [0.5, 0.6) is 5.75 Å². The average Bonchev–Trinajstić information content (AvgIpc) is 2.63. The molecule has 5 nitrogen and oxygen atoms in total. The van der Waals surface area contributed by atoms with Crippen LogP contribution >= 0.6 is 15.9 Å². The zero-order valence-electron chi connectivity index (χ0n) is 13.1. The third-order valence-corrected chi connectivity index (χ3v) is 4.92. The van der Waals surface area contributed by atoms with Gasteiger partial charge in [0.1, 0.15) is 17.4 Å². The molecule has 1 atom stereocenters. The first-order chi connectivity index (χ1) is 9.58. The Morgan fingerprint density at radius 2 is 1.90 bits per heavy atom. The van der Waals surface area contributed by atoms with Gasteiger partial charge in [-0.05, 0) is 68.8 Å². The third-order valence-electron chi connectivity index (χ3n) is 3.97. The van der Waals surface area contributed by atoms with E-state index in [9.17, 15) is 9.90 Å². The highest BCUT2D eigenvalue weighted by Crippen LogP contribution is 2.53. The molecule has 0 aromatic heterocycles. The van der Waals surface area contributed by atoms with Gasteiger partial charge < -0.3 is 20.0 Å². The van der Waals surface area contributed by atoms with E-state index in [4.69, 9.17) is 4.74 Å². The Morgan fingerprint density at radius 3 is 2.38 bits per heavy atom. The fourth-order valence-corrected chi connectivity index (χ4v) is 3.74. The molecule has 0 saturated heterocycles. The normalized spacial score (nSPS) is 19.3. The van der Waals surface area contributed by atoms with Crippen molar-refractivity contribution >= 4 is 27.7 Å². The maximum atomic E-state index is 10.9. The summed E-state index contributed by atoms with van der Waals surface area (Å²) in [6, 6.07) is 0.0340. The van der Waals surface area contributed by atoms with Crippen LogP contribution in [0.1, 0.15) is 36.6 Å². The molecule has 21 heavy (non-hydrogen) atoms. The number of benzene rings is 1. The number of nitrogens with zero attached hydrogens (tertiary/aromatic N) is 1. The third kappa shape index (κ3) is 2.51. The molecule has 0 spiro atoms. The smallest absolute Gasteiger partial charge is 0.140 e. The van der Waals surface area contributed by atoms with Crippen molar-refractivity contribution in [3.63, 3.8) is 0 Å².